The Kier molecular flexibility index (Phi) is 5.96. The number of nitrogens with one attached hydrogen (secondary N) is 1. The minimum atomic E-state index is -3.51. The van der Waals surface area contributed by atoms with Gasteiger partial charge in [0.25, 0.3) is 15.7 Å². The van der Waals surface area contributed by atoms with Crippen LogP contribution in [0.25, 0.3) is 0 Å². The van der Waals surface area contributed by atoms with Crippen LogP contribution in [0.4, 0.5) is 11.4 Å². The Morgan fingerprint density at radius 1 is 1.32 bits per heavy atom. The van der Waals surface area contributed by atoms with Crippen molar-refractivity contribution < 1.29 is 22.9 Å². The van der Waals surface area contributed by atoms with Crippen LogP contribution in [0.1, 0.15) is 12.8 Å². The highest BCUT2D eigenvalue weighted by Gasteiger charge is 2.32. The van der Waals surface area contributed by atoms with Crippen molar-refractivity contribution in [3.05, 3.63) is 45.8 Å². The van der Waals surface area contributed by atoms with Crippen molar-refractivity contribution in [2.75, 3.05) is 25.5 Å². The quantitative estimate of drug-likeness (QED) is 0.561. The zero-order valence-electron chi connectivity index (χ0n) is 15.0. The fraction of sp³-hybridized carbons (Fsp3) is 0.353. The van der Waals surface area contributed by atoms with E-state index in [0.29, 0.717) is 22.7 Å². The standard InChI is InChI=1S/C17H19N3O6S2/c1-26-15-11-13(20(22)23)4-5-14(15)18-17(21)12-6-8-19(9-7-12)28(24,25)16-3-2-10-27-16/h2-5,10-12H,6-9H2,1H3,(H,18,21). The van der Waals surface area contributed by atoms with E-state index in [2.05, 4.69) is 5.32 Å². The molecule has 0 saturated carbocycles. The van der Waals surface area contributed by atoms with Crippen molar-refractivity contribution in [2.45, 2.75) is 17.1 Å². The van der Waals surface area contributed by atoms with E-state index in [1.54, 1.807) is 17.5 Å². The van der Waals surface area contributed by atoms with E-state index in [1.807, 2.05) is 0 Å². The Morgan fingerprint density at radius 3 is 2.61 bits per heavy atom. The van der Waals surface area contributed by atoms with E-state index in [-0.39, 0.29) is 36.4 Å². The summed E-state index contributed by atoms with van der Waals surface area (Å²) in [7, 11) is -2.15. The topological polar surface area (TPSA) is 119 Å². The first-order valence-corrected chi connectivity index (χ1v) is 10.8. The lowest BCUT2D eigenvalue weighted by atomic mass is 9.97. The van der Waals surface area contributed by atoms with E-state index < -0.39 is 14.9 Å². The maximum Gasteiger partial charge on any atom is 0.273 e. The number of carbonyl (C=O) groups is 1. The van der Waals surface area contributed by atoms with Crippen molar-refractivity contribution in [1.82, 2.24) is 4.31 Å². The van der Waals surface area contributed by atoms with Crippen LogP contribution in [0.5, 0.6) is 5.75 Å². The van der Waals surface area contributed by atoms with Gasteiger partial charge in [0.2, 0.25) is 5.91 Å². The van der Waals surface area contributed by atoms with Crippen LogP contribution in [-0.4, -0.2) is 43.8 Å². The fourth-order valence-electron chi connectivity index (χ4n) is 3.03. The summed E-state index contributed by atoms with van der Waals surface area (Å²) in [5.74, 6) is -0.421. The van der Waals surface area contributed by atoms with Gasteiger partial charge in [-0.25, -0.2) is 8.42 Å². The smallest absolute Gasteiger partial charge is 0.273 e. The lowest BCUT2D eigenvalue weighted by Crippen LogP contribution is -2.41. The summed E-state index contributed by atoms with van der Waals surface area (Å²) in [5.41, 5.74) is 0.202. The molecular formula is C17H19N3O6S2. The molecule has 0 bridgehead atoms. The third-order valence-electron chi connectivity index (χ3n) is 4.57. The maximum absolute atomic E-state index is 12.6. The summed E-state index contributed by atoms with van der Waals surface area (Å²) < 4.78 is 31.9. The highest BCUT2D eigenvalue weighted by atomic mass is 32.2. The molecule has 2 aromatic rings. The molecule has 2 heterocycles. The second-order valence-corrected chi connectivity index (χ2v) is 9.35. The Hall–Kier alpha value is -2.50. The van der Waals surface area contributed by atoms with Gasteiger partial charge in [-0.3, -0.25) is 14.9 Å². The summed E-state index contributed by atoms with van der Waals surface area (Å²) in [4.78, 5) is 22.9. The number of hydrogen-bond acceptors (Lipinski definition) is 7. The molecule has 1 aromatic heterocycles. The van der Waals surface area contributed by atoms with Crippen LogP contribution in [-0.2, 0) is 14.8 Å². The SMILES string of the molecule is COc1cc([N+](=O)[O-])ccc1NC(=O)C1CCN(S(=O)(=O)c2cccs2)CC1. The van der Waals surface area contributed by atoms with Crippen LogP contribution in [0.15, 0.2) is 39.9 Å². The van der Waals surface area contributed by atoms with E-state index in [9.17, 15) is 23.3 Å². The Bertz CT molecular complexity index is 967. The van der Waals surface area contributed by atoms with Gasteiger partial charge in [0, 0.05) is 25.1 Å². The zero-order valence-corrected chi connectivity index (χ0v) is 16.7. The second-order valence-electron chi connectivity index (χ2n) is 6.24. The van der Waals surface area contributed by atoms with Crippen molar-refractivity contribution in [3.63, 3.8) is 0 Å². The molecule has 1 fully saturated rings. The summed E-state index contributed by atoms with van der Waals surface area (Å²) in [6.45, 7) is 0.519. The number of nitrogens with zero attached hydrogens (tertiary/aromatic N) is 2. The zero-order chi connectivity index (χ0) is 20.3. The second kappa shape index (κ2) is 8.25. The van der Waals surface area contributed by atoms with E-state index in [4.69, 9.17) is 4.74 Å². The maximum atomic E-state index is 12.6. The Labute approximate surface area is 166 Å². The van der Waals surface area contributed by atoms with Gasteiger partial charge in [0.1, 0.15) is 9.96 Å². The Morgan fingerprint density at radius 2 is 2.04 bits per heavy atom. The number of methoxy groups -OCH3 is 1. The minimum Gasteiger partial charge on any atom is -0.494 e. The van der Waals surface area contributed by atoms with E-state index in [0.717, 1.165) is 0 Å². The number of sulfonamides is 1. The van der Waals surface area contributed by atoms with Crippen LogP contribution in [0.3, 0.4) is 0 Å². The summed E-state index contributed by atoms with van der Waals surface area (Å²) in [5, 5.41) is 15.3. The first kappa shape index (κ1) is 20.2. The molecule has 28 heavy (non-hydrogen) atoms. The molecule has 1 amide bonds. The van der Waals surface area contributed by atoms with Gasteiger partial charge in [-0.05, 0) is 30.4 Å². The highest BCUT2D eigenvalue weighted by Crippen LogP contribution is 2.31. The predicted octanol–water partition coefficient (Wildman–Crippen LogP) is 2.70. The molecule has 150 valence electrons. The first-order chi connectivity index (χ1) is 13.3. The van der Waals surface area contributed by atoms with Crippen molar-refractivity contribution >= 4 is 38.6 Å². The van der Waals surface area contributed by atoms with Crippen LogP contribution >= 0.6 is 11.3 Å². The molecule has 0 radical (unpaired) electrons. The molecule has 1 aliphatic rings. The first-order valence-electron chi connectivity index (χ1n) is 8.50. The van der Waals surface area contributed by atoms with Gasteiger partial charge < -0.3 is 10.1 Å². The number of benzene rings is 1. The molecule has 0 atom stereocenters. The highest BCUT2D eigenvalue weighted by molar-refractivity contribution is 7.91. The van der Waals surface area contributed by atoms with Gasteiger partial charge in [-0.1, -0.05) is 6.07 Å². The van der Waals surface area contributed by atoms with Gasteiger partial charge >= 0.3 is 0 Å². The molecule has 11 heteroatoms. The van der Waals surface area contributed by atoms with E-state index in [1.165, 1.54) is 41.0 Å². The third-order valence-corrected chi connectivity index (χ3v) is 7.84. The molecule has 9 nitrogen and oxygen atoms in total. The molecule has 0 spiro atoms. The molecule has 3 rings (SSSR count). The number of nitro groups is 1. The third kappa shape index (κ3) is 4.16. The van der Waals surface area contributed by atoms with Crippen LogP contribution in [0.2, 0.25) is 0 Å². The predicted molar refractivity (Wildman–Crippen MR) is 104 cm³/mol. The number of piperidine rings is 1. The summed E-state index contributed by atoms with van der Waals surface area (Å²) in [6, 6.07) is 7.21. The lowest BCUT2D eigenvalue weighted by molar-refractivity contribution is -0.384. The van der Waals surface area contributed by atoms with Crippen molar-refractivity contribution in [2.24, 2.45) is 5.92 Å². The monoisotopic (exact) mass is 425 g/mol. The number of non-ortho nitro benzene ring substituents is 1. The molecule has 1 aliphatic heterocycles. The van der Waals surface area contributed by atoms with Gasteiger partial charge in [-0.2, -0.15) is 4.31 Å². The lowest BCUT2D eigenvalue weighted by Gasteiger charge is -2.30. The normalized spacial score (nSPS) is 15.9. The van der Waals surface area contributed by atoms with Crippen LogP contribution < -0.4 is 10.1 Å². The van der Waals surface area contributed by atoms with Gasteiger partial charge in [0.15, 0.2) is 0 Å². The number of nitro benzene ring substituents is 1. The molecule has 0 unspecified atom stereocenters. The molecule has 1 aromatic carbocycles. The molecular weight excluding hydrogens is 406 g/mol. The number of ether oxygens (including phenoxy) is 1. The number of amides is 1. The van der Waals surface area contributed by atoms with Crippen molar-refractivity contribution in [1.29, 1.82) is 0 Å². The molecule has 1 saturated heterocycles. The largest absolute Gasteiger partial charge is 0.494 e. The average molecular weight is 425 g/mol. The molecule has 0 aliphatic carbocycles. The van der Waals surface area contributed by atoms with Crippen molar-refractivity contribution in [3.8, 4) is 5.75 Å². The number of hydrogen-bond donors (Lipinski definition) is 1. The number of carbonyl (C=O) groups excluding carboxylic acids is 1. The Balaban J connectivity index is 1.64. The van der Waals surface area contributed by atoms with Gasteiger partial charge in [-0.15, -0.1) is 11.3 Å². The van der Waals surface area contributed by atoms with Gasteiger partial charge in [0.05, 0.1) is 23.8 Å². The fourth-order valence-corrected chi connectivity index (χ4v) is 5.64. The summed E-state index contributed by atoms with van der Waals surface area (Å²) >= 11 is 1.17. The number of anilines is 1. The summed E-state index contributed by atoms with van der Waals surface area (Å²) in [6.07, 6.45) is 0.789. The van der Waals surface area contributed by atoms with E-state index >= 15 is 0 Å². The molecule has 1 N–H and O–H groups in total. The van der Waals surface area contributed by atoms with Crippen LogP contribution in [0, 0.1) is 16.0 Å². The minimum absolute atomic E-state index is 0.137. The number of rotatable bonds is 6. The number of thiophene rings is 1. The average Bonchev–Trinajstić information content (AvgIpc) is 3.24.